The second kappa shape index (κ2) is 9.15. The minimum atomic E-state index is -0.397. The number of H-pyrrole nitrogens is 1. The Labute approximate surface area is 201 Å². The van der Waals surface area contributed by atoms with Gasteiger partial charge in [-0.1, -0.05) is 30.3 Å². The number of hydrogen-bond donors (Lipinski definition) is 3. The highest BCUT2D eigenvalue weighted by atomic mass is 19.1. The summed E-state index contributed by atoms with van der Waals surface area (Å²) in [5, 5.41) is 7.36. The van der Waals surface area contributed by atoms with E-state index < -0.39 is 5.82 Å². The maximum absolute atomic E-state index is 14.9. The van der Waals surface area contributed by atoms with Gasteiger partial charge in [0.05, 0.1) is 5.39 Å². The predicted molar refractivity (Wildman–Crippen MR) is 133 cm³/mol. The van der Waals surface area contributed by atoms with Crippen molar-refractivity contribution in [2.45, 2.75) is 19.5 Å². The van der Waals surface area contributed by atoms with Crippen LogP contribution in [0.1, 0.15) is 16.7 Å². The van der Waals surface area contributed by atoms with Gasteiger partial charge in [0.15, 0.2) is 11.6 Å². The van der Waals surface area contributed by atoms with Crippen LogP contribution in [0.15, 0.2) is 73.3 Å². The minimum absolute atomic E-state index is 0.152. The Balaban J connectivity index is 1.33. The van der Waals surface area contributed by atoms with Gasteiger partial charge >= 0.3 is 0 Å². The average Bonchev–Trinajstić information content (AvgIpc) is 3.34. The van der Waals surface area contributed by atoms with Crippen LogP contribution in [-0.2, 0) is 19.5 Å². The summed E-state index contributed by atoms with van der Waals surface area (Å²) < 4.78 is 20.9. The summed E-state index contributed by atoms with van der Waals surface area (Å²) in [5.41, 5.74) is 5.59. The fraction of sp³-hybridized carbons (Fsp3) is 0.148. The quantitative estimate of drug-likeness (QED) is 0.319. The molecule has 0 saturated heterocycles. The van der Waals surface area contributed by atoms with Gasteiger partial charge < -0.3 is 20.4 Å². The third kappa shape index (κ3) is 4.31. The molecular weight excluding hydrogens is 443 g/mol. The Morgan fingerprint density at radius 1 is 1.00 bits per heavy atom. The van der Waals surface area contributed by atoms with E-state index in [9.17, 15) is 4.39 Å². The maximum Gasteiger partial charge on any atom is 0.232 e. The van der Waals surface area contributed by atoms with Gasteiger partial charge in [-0.05, 0) is 59.5 Å². The van der Waals surface area contributed by atoms with E-state index in [1.807, 2.05) is 36.5 Å². The molecular formula is C27H23FN6O. The van der Waals surface area contributed by atoms with E-state index >= 15 is 0 Å². The van der Waals surface area contributed by atoms with Gasteiger partial charge in [-0.2, -0.15) is 0 Å². The first-order chi connectivity index (χ1) is 17.2. The smallest absolute Gasteiger partial charge is 0.232 e. The number of rotatable bonds is 6. The summed E-state index contributed by atoms with van der Waals surface area (Å²) in [7, 11) is 0. The van der Waals surface area contributed by atoms with Gasteiger partial charge in [-0.25, -0.2) is 19.3 Å². The largest absolute Gasteiger partial charge is 0.435 e. The number of hydrogen-bond acceptors (Lipinski definition) is 6. The van der Waals surface area contributed by atoms with Gasteiger partial charge in [-0.15, -0.1) is 0 Å². The van der Waals surface area contributed by atoms with Crippen LogP contribution >= 0.6 is 0 Å². The molecule has 5 aromatic rings. The van der Waals surface area contributed by atoms with Crippen molar-refractivity contribution in [3.63, 3.8) is 0 Å². The Morgan fingerprint density at radius 3 is 2.83 bits per heavy atom. The SMILES string of the molecule is Fc1cc2c(cc1Oc1ncnc3[nH]cc(-c4ccnc(NCc5ccccc5)c4)c13)CNCC2. The number of halogens is 1. The molecule has 2 aromatic carbocycles. The zero-order valence-electron chi connectivity index (χ0n) is 18.9. The number of benzene rings is 2. The highest BCUT2D eigenvalue weighted by molar-refractivity contribution is 5.97. The molecule has 0 radical (unpaired) electrons. The van der Waals surface area contributed by atoms with E-state index in [-0.39, 0.29) is 5.75 Å². The minimum Gasteiger partial charge on any atom is -0.435 e. The number of nitrogens with one attached hydrogen (secondary N) is 3. The molecule has 4 heterocycles. The molecule has 0 atom stereocenters. The molecule has 0 unspecified atom stereocenters. The van der Waals surface area contributed by atoms with Crippen LogP contribution in [0.2, 0.25) is 0 Å². The van der Waals surface area contributed by atoms with E-state index in [2.05, 4.69) is 42.7 Å². The van der Waals surface area contributed by atoms with Gasteiger partial charge in [0.2, 0.25) is 5.88 Å². The summed E-state index contributed by atoms with van der Waals surface area (Å²) in [6.45, 7) is 2.20. The molecule has 6 rings (SSSR count). The second-order valence-corrected chi connectivity index (χ2v) is 8.45. The number of anilines is 1. The Morgan fingerprint density at radius 2 is 1.91 bits per heavy atom. The van der Waals surface area contributed by atoms with E-state index in [0.29, 0.717) is 30.0 Å². The Bertz CT molecular complexity index is 1500. The molecule has 1 aliphatic rings. The average molecular weight is 467 g/mol. The number of nitrogens with zero attached hydrogens (tertiary/aromatic N) is 3. The van der Waals surface area contributed by atoms with E-state index in [1.165, 1.54) is 6.33 Å². The lowest BCUT2D eigenvalue weighted by molar-refractivity contribution is 0.429. The van der Waals surface area contributed by atoms with Crippen molar-refractivity contribution in [1.82, 2.24) is 25.3 Å². The highest BCUT2D eigenvalue weighted by Crippen LogP contribution is 2.37. The zero-order valence-corrected chi connectivity index (χ0v) is 18.9. The monoisotopic (exact) mass is 466 g/mol. The van der Waals surface area contributed by atoms with Crippen LogP contribution in [0.5, 0.6) is 11.6 Å². The maximum atomic E-state index is 14.9. The first-order valence-corrected chi connectivity index (χ1v) is 11.5. The van der Waals surface area contributed by atoms with Crippen LogP contribution in [-0.4, -0.2) is 26.5 Å². The number of ether oxygens (including phenoxy) is 1. The zero-order chi connectivity index (χ0) is 23.6. The Kier molecular flexibility index (Phi) is 5.56. The highest BCUT2D eigenvalue weighted by Gasteiger charge is 2.19. The number of fused-ring (bicyclic) bond motifs is 2. The number of pyridine rings is 1. The van der Waals surface area contributed by atoms with Crippen LogP contribution in [0.25, 0.3) is 22.2 Å². The van der Waals surface area contributed by atoms with Gasteiger partial charge in [0.1, 0.15) is 17.8 Å². The van der Waals surface area contributed by atoms with Crippen molar-refractivity contribution in [3.05, 3.63) is 95.8 Å². The molecule has 0 aliphatic carbocycles. The molecule has 8 heteroatoms. The molecule has 3 N–H and O–H groups in total. The fourth-order valence-electron chi connectivity index (χ4n) is 4.39. The standard InChI is InChI=1S/C27H23FN6O/c28-22-10-18-6-8-29-14-20(18)11-23(22)35-27-25-21(15-32-26(25)33-16-34-27)19-7-9-30-24(12-19)31-13-17-4-2-1-3-5-17/h1-5,7,9-12,15-16,29H,6,8,13-14H2,(H,30,31)(H,32,33,34). The lowest BCUT2D eigenvalue weighted by Crippen LogP contribution is -2.23. The molecule has 1 aliphatic heterocycles. The van der Waals surface area contributed by atoms with E-state index in [1.54, 1.807) is 18.3 Å². The molecule has 0 amide bonds. The predicted octanol–water partition coefficient (Wildman–Crippen LogP) is 5.21. The van der Waals surface area contributed by atoms with Crippen molar-refractivity contribution in [2.75, 3.05) is 11.9 Å². The van der Waals surface area contributed by atoms with Crippen LogP contribution < -0.4 is 15.4 Å². The van der Waals surface area contributed by atoms with Crippen molar-refractivity contribution < 1.29 is 9.13 Å². The number of aromatic amines is 1. The van der Waals surface area contributed by atoms with Crippen molar-refractivity contribution in [2.24, 2.45) is 0 Å². The summed E-state index contributed by atoms with van der Waals surface area (Å²) in [5.74, 6) is 0.795. The van der Waals surface area contributed by atoms with Crippen molar-refractivity contribution in [1.29, 1.82) is 0 Å². The van der Waals surface area contributed by atoms with E-state index in [4.69, 9.17) is 4.74 Å². The van der Waals surface area contributed by atoms with Crippen molar-refractivity contribution >= 4 is 16.9 Å². The lowest BCUT2D eigenvalue weighted by atomic mass is 10.0. The third-order valence-electron chi connectivity index (χ3n) is 6.17. The van der Waals surface area contributed by atoms with Crippen LogP contribution in [0.3, 0.4) is 0 Å². The topological polar surface area (TPSA) is 87.8 Å². The summed E-state index contributed by atoms with van der Waals surface area (Å²) in [6, 6.07) is 17.3. The van der Waals surface area contributed by atoms with Gasteiger partial charge in [0.25, 0.3) is 0 Å². The van der Waals surface area contributed by atoms with Crippen LogP contribution in [0, 0.1) is 5.82 Å². The van der Waals surface area contributed by atoms with Gasteiger partial charge in [-0.3, -0.25) is 0 Å². The first-order valence-electron chi connectivity index (χ1n) is 11.5. The summed E-state index contributed by atoms with van der Waals surface area (Å²) in [4.78, 5) is 16.3. The normalized spacial score (nSPS) is 12.9. The fourth-order valence-corrected chi connectivity index (χ4v) is 4.39. The second-order valence-electron chi connectivity index (χ2n) is 8.45. The molecule has 0 bridgehead atoms. The summed E-state index contributed by atoms with van der Waals surface area (Å²) in [6.07, 6.45) is 5.82. The van der Waals surface area contributed by atoms with E-state index in [0.717, 1.165) is 46.6 Å². The first kappa shape index (κ1) is 21.2. The molecule has 0 saturated carbocycles. The third-order valence-corrected chi connectivity index (χ3v) is 6.17. The summed E-state index contributed by atoms with van der Waals surface area (Å²) >= 11 is 0. The lowest BCUT2D eigenvalue weighted by Gasteiger charge is -2.18. The molecule has 0 fully saturated rings. The number of aromatic nitrogens is 4. The molecule has 35 heavy (non-hydrogen) atoms. The molecule has 7 nitrogen and oxygen atoms in total. The molecule has 3 aromatic heterocycles. The Hall–Kier alpha value is -4.30. The van der Waals surface area contributed by atoms with Crippen LogP contribution in [0.4, 0.5) is 10.2 Å². The van der Waals surface area contributed by atoms with Crippen molar-refractivity contribution in [3.8, 4) is 22.8 Å². The molecule has 174 valence electrons. The molecule has 0 spiro atoms. The van der Waals surface area contributed by atoms with Gasteiger partial charge in [0, 0.05) is 31.0 Å².